The summed E-state index contributed by atoms with van der Waals surface area (Å²) in [5, 5.41) is 3.90. The van der Waals surface area contributed by atoms with E-state index in [4.69, 9.17) is 44.6 Å². The predicted molar refractivity (Wildman–Crippen MR) is 203 cm³/mol. The Morgan fingerprint density at radius 3 is 1.34 bits per heavy atom. The van der Waals surface area contributed by atoms with Gasteiger partial charge in [0, 0.05) is 32.7 Å². The molecule has 0 bridgehead atoms. The lowest BCUT2D eigenvalue weighted by molar-refractivity contribution is 0.370. The normalized spacial score (nSPS) is 10.8. The van der Waals surface area contributed by atoms with Gasteiger partial charge in [0.05, 0.1) is 49.4 Å². The van der Waals surface area contributed by atoms with Crippen LogP contribution in [0.5, 0.6) is 23.0 Å². The first-order valence-corrected chi connectivity index (χ1v) is 15.9. The van der Waals surface area contributed by atoms with Crippen molar-refractivity contribution in [3.05, 3.63) is 84.9 Å². The molecule has 0 unspecified atom stereocenters. The van der Waals surface area contributed by atoms with Crippen molar-refractivity contribution in [2.75, 3.05) is 27.4 Å². The third kappa shape index (κ3) is 5.18. The predicted octanol–water partition coefficient (Wildman–Crippen LogP) is 8.54. The molecule has 5 aromatic carbocycles. The maximum absolute atomic E-state index is 6.12. The number of ether oxygens (including phenoxy) is 4. The molecule has 242 valence electrons. The summed E-state index contributed by atoms with van der Waals surface area (Å²) in [7, 11) is 3.33. The summed E-state index contributed by atoms with van der Waals surface area (Å²) in [5.41, 5.74) is 7.57. The second kappa shape index (κ2) is 13.3. The summed E-state index contributed by atoms with van der Waals surface area (Å²) in [6.07, 6.45) is 23.4. The van der Waals surface area contributed by atoms with Crippen LogP contribution in [0.25, 0.3) is 65.9 Å². The van der Waals surface area contributed by atoms with Gasteiger partial charge in [0.1, 0.15) is 36.2 Å². The Hall–Kier alpha value is -6.86. The Morgan fingerprint density at radius 2 is 0.960 bits per heavy atom. The Labute approximate surface area is 291 Å². The average Bonchev–Trinajstić information content (AvgIpc) is 3.64. The van der Waals surface area contributed by atoms with Crippen LogP contribution < -0.4 is 18.9 Å². The van der Waals surface area contributed by atoms with Crippen LogP contribution >= 0.6 is 0 Å². The van der Waals surface area contributed by atoms with Crippen molar-refractivity contribution in [2.45, 2.75) is 13.1 Å². The maximum atomic E-state index is 6.12. The number of terminal acetylenes is 4. The van der Waals surface area contributed by atoms with Gasteiger partial charge < -0.3 is 28.1 Å². The number of fused-ring (bicyclic) bond motifs is 6. The van der Waals surface area contributed by atoms with E-state index in [-0.39, 0.29) is 13.2 Å². The van der Waals surface area contributed by atoms with Gasteiger partial charge in [0.15, 0.2) is 0 Å². The van der Waals surface area contributed by atoms with Crippen LogP contribution in [-0.4, -0.2) is 36.6 Å². The second-order valence-electron chi connectivity index (χ2n) is 11.6. The van der Waals surface area contributed by atoms with Crippen LogP contribution in [0.15, 0.2) is 84.9 Å². The fraction of sp³-hybridized carbons (Fsp3) is 0.136. The Bertz CT molecular complexity index is 2450. The number of hydrogen-bond donors (Lipinski definition) is 0. The number of aromatic nitrogens is 2. The van der Waals surface area contributed by atoms with Crippen molar-refractivity contribution in [2.24, 2.45) is 0 Å². The molecule has 7 rings (SSSR count). The molecule has 0 saturated carbocycles. The summed E-state index contributed by atoms with van der Waals surface area (Å²) in [6.45, 7) is 0.909. The molecule has 0 N–H and O–H groups in total. The number of benzene rings is 5. The van der Waals surface area contributed by atoms with E-state index in [1.807, 2.05) is 48.5 Å². The summed E-state index contributed by atoms with van der Waals surface area (Å²) in [4.78, 5) is 0. The van der Waals surface area contributed by atoms with E-state index in [1.165, 1.54) is 0 Å². The van der Waals surface area contributed by atoms with Crippen LogP contribution in [0.2, 0.25) is 0 Å². The fourth-order valence-corrected chi connectivity index (χ4v) is 6.99. The quantitative estimate of drug-likeness (QED) is 0.139. The highest BCUT2D eigenvalue weighted by atomic mass is 16.5. The molecule has 0 saturated heterocycles. The van der Waals surface area contributed by atoms with Crippen molar-refractivity contribution in [3.8, 4) is 94.6 Å². The van der Waals surface area contributed by atoms with Gasteiger partial charge in [-0.1, -0.05) is 47.9 Å². The smallest absolute Gasteiger partial charge is 0.148 e. The largest absolute Gasteiger partial charge is 0.497 e. The van der Waals surface area contributed by atoms with Crippen LogP contribution in [0.3, 0.4) is 0 Å². The number of rotatable bonds is 10. The zero-order valence-corrected chi connectivity index (χ0v) is 27.7. The van der Waals surface area contributed by atoms with Crippen LogP contribution in [-0.2, 0) is 13.1 Å². The number of hydrogen-bond acceptors (Lipinski definition) is 4. The maximum Gasteiger partial charge on any atom is 0.148 e. The molecule has 0 spiro atoms. The highest BCUT2D eigenvalue weighted by Gasteiger charge is 2.28. The highest BCUT2D eigenvalue weighted by molar-refractivity contribution is 6.32. The van der Waals surface area contributed by atoms with Crippen LogP contribution in [0.4, 0.5) is 0 Å². The molecule has 2 heterocycles. The molecular formula is C44H32N2O4. The molecule has 7 aromatic rings. The van der Waals surface area contributed by atoms with Crippen molar-refractivity contribution >= 4 is 43.6 Å². The van der Waals surface area contributed by atoms with Gasteiger partial charge in [-0.05, 0) is 71.8 Å². The zero-order valence-electron chi connectivity index (χ0n) is 27.7. The SMILES string of the molecule is C#CCOc1cccc(-c2c3c4cc(OC)ccc4n(CC#C)c3c(-c3cccc(OCC#C)c3)c3c4cc(OC)ccc4n(CC#C)c23)c1. The monoisotopic (exact) mass is 652 g/mol. The standard InChI is InChI=1S/C44H32N2O4/c1-7-21-45-37-19-17-31(47-5)27-35(37)41-40(30-14-12-16-34(26-30)50-24-10-4)44-42(36-28-32(48-6)18-20-38(36)46(44)22-8-2)39(43(41)45)29-13-11-15-33(25-29)49-23-9-3/h1-4,11-20,25-28H,21-24H2,5-6H3. The molecule has 0 aliphatic heterocycles. The molecular weight excluding hydrogens is 620 g/mol. The third-order valence-corrected chi connectivity index (χ3v) is 8.90. The first-order chi connectivity index (χ1) is 24.6. The lowest BCUT2D eigenvalue weighted by atomic mass is 9.89. The highest BCUT2D eigenvalue weighted by Crippen LogP contribution is 2.51. The van der Waals surface area contributed by atoms with Gasteiger partial charge in [-0.25, -0.2) is 0 Å². The van der Waals surface area contributed by atoms with Crippen molar-refractivity contribution < 1.29 is 18.9 Å². The molecule has 6 nitrogen and oxygen atoms in total. The molecule has 2 aromatic heterocycles. The van der Waals surface area contributed by atoms with E-state index in [0.717, 1.165) is 77.4 Å². The molecule has 0 aliphatic rings. The average molecular weight is 653 g/mol. The van der Waals surface area contributed by atoms with E-state index < -0.39 is 0 Å². The van der Waals surface area contributed by atoms with Crippen molar-refractivity contribution in [1.82, 2.24) is 9.13 Å². The molecule has 0 aliphatic carbocycles. The minimum Gasteiger partial charge on any atom is -0.497 e. The molecule has 6 heteroatoms. The third-order valence-electron chi connectivity index (χ3n) is 8.90. The summed E-state index contributed by atoms with van der Waals surface area (Å²) >= 11 is 0. The van der Waals surface area contributed by atoms with Gasteiger partial charge in [0.25, 0.3) is 0 Å². The topological polar surface area (TPSA) is 46.8 Å². The lowest BCUT2D eigenvalue weighted by Gasteiger charge is -2.18. The van der Waals surface area contributed by atoms with Gasteiger partial charge in [-0.2, -0.15) is 0 Å². The van der Waals surface area contributed by atoms with Gasteiger partial charge in [-0.3, -0.25) is 0 Å². The molecule has 0 atom stereocenters. The van der Waals surface area contributed by atoms with Gasteiger partial charge >= 0.3 is 0 Å². The van der Waals surface area contributed by atoms with Gasteiger partial charge in [-0.15, -0.1) is 25.7 Å². The van der Waals surface area contributed by atoms with E-state index in [9.17, 15) is 0 Å². The molecule has 0 amide bonds. The molecule has 50 heavy (non-hydrogen) atoms. The molecule has 0 radical (unpaired) electrons. The van der Waals surface area contributed by atoms with Crippen molar-refractivity contribution in [1.29, 1.82) is 0 Å². The Morgan fingerprint density at radius 1 is 0.520 bits per heavy atom. The second-order valence-corrected chi connectivity index (χ2v) is 11.6. The van der Waals surface area contributed by atoms with Crippen LogP contribution in [0, 0.1) is 49.4 Å². The van der Waals surface area contributed by atoms with E-state index in [2.05, 4.69) is 69.2 Å². The number of methoxy groups -OCH3 is 2. The summed E-state index contributed by atoms with van der Waals surface area (Å²) in [5.74, 6) is 13.7. The zero-order chi connectivity index (χ0) is 34.8. The number of nitrogens with zero attached hydrogens (tertiary/aromatic N) is 2. The molecule has 0 fully saturated rings. The Balaban J connectivity index is 1.81. The minimum atomic E-state index is 0.140. The fourth-order valence-electron chi connectivity index (χ4n) is 6.99. The van der Waals surface area contributed by atoms with E-state index in [0.29, 0.717) is 24.6 Å². The minimum absolute atomic E-state index is 0.140. The summed E-state index contributed by atoms with van der Waals surface area (Å²) in [6, 6.07) is 28.1. The van der Waals surface area contributed by atoms with E-state index in [1.54, 1.807) is 14.2 Å². The van der Waals surface area contributed by atoms with Crippen molar-refractivity contribution in [3.63, 3.8) is 0 Å². The Kier molecular flexibility index (Phi) is 8.46. The van der Waals surface area contributed by atoms with Gasteiger partial charge in [0.2, 0.25) is 0 Å². The van der Waals surface area contributed by atoms with E-state index >= 15 is 0 Å². The lowest BCUT2D eigenvalue weighted by Crippen LogP contribution is -2.01. The first-order valence-electron chi connectivity index (χ1n) is 15.9. The first kappa shape index (κ1) is 31.7. The van der Waals surface area contributed by atoms with Crippen LogP contribution in [0.1, 0.15) is 0 Å². The summed E-state index contributed by atoms with van der Waals surface area (Å²) < 4.78 is 27.8.